The van der Waals surface area contributed by atoms with Gasteiger partial charge in [-0.3, -0.25) is 9.69 Å². The maximum Gasteiger partial charge on any atom is 0.236 e. The maximum atomic E-state index is 12.2. The molecule has 0 radical (unpaired) electrons. The van der Waals surface area contributed by atoms with Crippen LogP contribution in [0.2, 0.25) is 0 Å². The number of hydrogen-bond acceptors (Lipinski definition) is 3. The smallest absolute Gasteiger partial charge is 0.236 e. The molecule has 1 atom stereocenters. The van der Waals surface area contributed by atoms with Gasteiger partial charge in [-0.05, 0) is 31.7 Å². The zero-order chi connectivity index (χ0) is 12.8. The zero-order valence-corrected chi connectivity index (χ0v) is 11.3. The molecule has 0 bridgehead atoms. The molecular weight excluding hydrogens is 228 g/mol. The number of aliphatic hydroxyl groups excluding tert-OH is 1. The van der Waals surface area contributed by atoms with E-state index in [-0.39, 0.29) is 12.5 Å². The normalized spacial score (nSPS) is 26.9. The SMILES string of the molecule is O=C(CN1CCC(CO)C1)N1CCCCCCC1. The summed E-state index contributed by atoms with van der Waals surface area (Å²) in [6, 6.07) is 0. The molecule has 2 saturated heterocycles. The summed E-state index contributed by atoms with van der Waals surface area (Å²) in [5.41, 5.74) is 0. The van der Waals surface area contributed by atoms with E-state index in [4.69, 9.17) is 5.11 Å². The van der Waals surface area contributed by atoms with Gasteiger partial charge in [0.25, 0.3) is 0 Å². The van der Waals surface area contributed by atoms with E-state index < -0.39 is 0 Å². The van der Waals surface area contributed by atoms with Crippen LogP contribution in [0.25, 0.3) is 0 Å². The van der Waals surface area contributed by atoms with Crippen LogP contribution < -0.4 is 0 Å². The Hall–Kier alpha value is -0.610. The van der Waals surface area contributed by atoms with Crippen molar-refractivity contribution in [2.24, 2.45) is 5.92 Å². The third-order valence-electron chi connectivity index (χ3n) is 4.20. The van der Waals surface area contributed by atoms with Gasteiger partial charge in [0.1, 0.15) is 0 Å². The van der Waals surface area contributed by atoms with E-state index in [9.17, 15) is 4.79 Å². The van der Waals surface area contributed by atoms with Gasteiger partial charge in [0.2, 0.25) is 5.91 Å². The predicted octanol–water partition coefficient (Wildman–Crippen LogP) is 1.09. The van der Waals surface area contributed by atoms with E-state index in [1.54, 1.807) is 0 Å². The molecule has 0 spiro atoms. The predicted molar refractivity (Wildman–Crippen MR) is 71.3 cm³/mol. The summed E-state index contributed by atoms with van der Waals surface area (Å²) in [7, 11) is 0. The Balaban J connectivity index is 1.76. The van der Waals surface area contributed by atoms with Crippen molar-refractivity contribution in [3.63, 3.8) is 0 Å². The quantitative estimate of drug-likeness (QED) is 0.820. The number of rotatable bonds is 3. The number of hydrogen-bond donors (Lipinski definition) is 1. The van der Waals surface area contributed by atoms with Gasteiger partial charge < -0.3 is 10.0 Å². The number of nitrogens with zero attached hydrogens (tertiary/aromatic N) is 2. The molecule has 1 N–H and O–H groups in total. The summed E-state index contributed by atoms with van der Waals surface area (Å²) in [5.74, 6) is 0.667. The summed E-state index contributed by atoms with van der Waals surface area (Å²) in [5, 5.41) is 9.11. The van der Waals surface area contributed by atoms with E-state index in [2.05, 4.69) is 4.90 Å². The molecule has 2 heterocycles. The second kappa shape index (κ2) is 7.10. The lowest BCUT2D eigenvalue weighted by Gasteiger charge is -2.27. The molecule has 4 heteroatoms. The summed E-state index contributed by atoms with van der Waals surface area (Å²) >= 11 is 0. The Morgan fingerprint density at radius 1 is 1.06 bits per heavy atom. The summed E-state index contributed by atoms with van der Waals surface area (Å²) < 4.78 is 0. The molecule has 1 amide bonds. The van der Waals surface area contributed by atoms with Crippen LogP contribution in [0.3, 0.4) is 0 Å². The Bertz CT molecular complexity index is 263. The van der Waals surface area contributed by atoms with Crippen molar-refractivity contribution in [3.05, 3.63) is 0 Å². The van der Waals surface area contributed by atoms with Crippen molar-refractivity contribution in [3.8, 4) is 0 Å². The molecule has 0 aromatic rings. The van der Waals surface area contributed by atoms with Crippen molar-refractivity contribution < 1.29 is 9.90 Å². The minimum atomic E-state index is 0.258. The third kappa shape index (κ3) is 3.95. The summed E-state index contributed by atoms with van der Waals surface area (Å²) in [6.07, 6.45) is 7.20. The van der Waals surface area contributed by atoms with E-state index >= 15 is 0 Å². The number of carbonyl (C=O) groups is 1. The van der Waals surface area contributed by atoms with Gasteiger partial charge >= 0.3 is 0 Å². The Labute approximate surface area is 110 Å². The van der Waals surface area contributed by atoms with Crippen LogP contribution in [0.5, 0.6) is 0 Å². The Kier molecular flexibility index (Phi) is 5.45. The fourth-order valence-electron chi connectivity index (χ4n) is 2.99. The topological polar surface area (TPSA) is 43.8 Å². The standard InChI is InChI=1S/C14H26N2O2/c17-12-13-6-9-15(10-13)11-14(18)16-7-4-2-1-3-5-8-16/h13,17H,1-12H2. The molecule has 0 saturated carbocycles. The highest BCUT2D eigenvalue weighted by Crippen LogP contribution is 2.16. The molecular formula is C14H26N2O2. The molecule has 1 unspecified atom stereocenters. The van der Waals surface area contributed by atoms with Gasteiger partial charge in [0.15, 0.2) is 0 Å². The molecule has 4 nitrogen and oxygen atoms in total. The van der Waals surface area contributed by atoms with Crippen LogP contribution in [0.15, 0.2) is 0 Å². The summed E-state index contributed by atoms with van der Waals surface area (Å²) in [6.45, 7) is 4.54. The second-order valence-corrected chi connectivity index (χ2v) is 5.72. The highest BCUT2D eigenvalue weighted by molar-refractivity contribution is 5.78. The van der Waals surface area contributed by atoms with E-state index in [0.29, 0.717) is 12.5 Å². The number of aliphatic hydroxyl groups is 1. The first-order valence-corrected chi connectivity index (χ1v) is 7.40. The lowest BCUT2D eigenvalue weighted by atomic mass is 10.1. The van der Waals surface area contributed by atoms with E-state index in [0.717, 1.165) is 45.4 Å². The molecule has 18 heavy (non-hydrogen) atoms. The minimum absolute atomic E-state index is 0.258. The van der Waals surface area contributed by atoms with Crippen molar-refractivity contribution in [1.29, 1.82) is 0 Å². The fourth-order valence-corrected chi connectivity index (χ4v) is 2.99. The lowest BCUT2D eigenvalue weighted by Crippen LogP contribution is -2.41. The Morgan fingerprint density at radius 2 is 1.72 bits per heavy atom. The van der Waals surface area contributed by atoms with Gasteiger partial charge in [0, 0.05) is 26.2 Å². The molecule has 2 aliphatic heterocycles. The molecule has 2 fully saturated rings. The van der Waals surface area contributed by atoms with Crippen LogP contribution in [0, 0.1) is 5.92 Å². The van der Waals surface area contributed by atoms with Gasteiger partial charge in [0.05, 0.1) is 6.54 Å². The minimum Gasteiger partial charge on any atom is -0.396 e. The molecule has 0 aromatic carbocycles. The van der Waals surface area contributed by atoms with Crippen LogP contribution in [-0.2, 0) is 4.79 Å². The average molecular weight is 254 g/mol. The average Bonchev–Trinajstić information content (AvgIpc) is 2.76. The monoisotopic (exact) mass is 254 g/mol. The van der Waals surface area contributed by atoms with Crippen LogP contribution in [-0.4, -0.2) is 60.1 Å². The number of carbonyl (C=O) groups excluding carboxylic acids is 1. The van der Waals surface area contributed by atoms with Crippen LogP contribution in [0.4, 0.5) is 0 Å². The Morgan fingerprint density at radius 3 is 2.33 bits per heavy atom. The first-order valence-electron chi connectivity index (χ1n) is 7.40. The molecule has 104 valence electrons. The van der Waals surface area contributed by atoms with Gasteiger partial charge in [-0.15, -0.1) is 0 Å². The maximum absolute atomic E-state index is 12.2. The molecule has 2 aliphatic rings. The van der Waals surface area contributed by atoms with E-state index in [1.165, 1.54) is 19.3 Å². The van der Waals surface area contributed by atoms with Crippen molar-refractivity contribution in [1.82, 2.24) is 9.80 Å². The highest BCUT2D eigenvalue weighted by atomic mass is 16.3. The third-order valence-corrected chi connectivity index (χ3v) is 4.20. The van der Waals surface area contributed by atoms with Crippen molar-refractivity contribution >= 4 is 5.91 Å². The van der Waals surface area contributed by atoms with E-state index in [1.807, 2.05) is 4.90 Å². The lowest BCUT2D eigenvalue weighted by molar-refractivity contribution is -0.132. The fraction of sp³-hybridized carbons (Fsp3) is 0.929. The van der Waals surface area contributed by atoms with Crippen LogP contribution >= 0.6 is 0 Å². The van der Waals surface area contributed by atoms with Gasteiger partial charge in [-0.25, -0.2) is 0 Å². The van der Waals surface area contributed by atoms with Gasteiger partial charge in [-0.2, -0.15) is 0 Å². The zero-order valence-electron chi connectivity index (χ0n) is 11.3. The first-order chi connectivity index (χ1) is 8.79. The summed E-state index contributed by atoms with van der Waals surface area (Å²) in [4.78, 5) is 16.5. The van der Waals surface area contributed by atoms with Crippen molar-refractivity contribution in [2.45, 2.75) is 38.5 Å². The number of likely N-dealkylation sites (tertiary alicyclic amines) is 2. The second-order valence-electron chi connectivity index (χ2n) is 5.72. The number of amides is 1. The highest BCUT2D eigenvalue weighted by Gasteiger charge is 2.25. The molecule has 2 rings (SSSR count). The van der Waals surface area contributed by atoms with Gasteiger partial charge in [-0.1, -0.05) is 19.3 Å². The molecule has 0 aliphatic carbocycles. The largest absolute Gasteiger partial charge is 0.396 e. The molecule has 0 aromatic heterocycles. The van der Waals surface area contributed by atoms with Crippen molar-refractivity contribution in [2.75, 3.05) is 39.3 Å². The van der Waals surface area contributed by atoms with Crippen LogP contribution in [0.1, 0.15) is 38.5 Å². The first kappa shape index (κ1) is 13.8.